The lowest BCUT2D eigenvalue weighted by molar-refractivity contribution is -0.139. The molecule has 3 aliphatic rings. The number of aromatic nitrogens is 5. The standard InChI is InChI=1S/C44H41ClF6N6O4S/c1-23(58)56-12-13-61-43(2,22-56)11-10-28-6-7-30(31-8-9-34(45)37-35(21-62(4,5)60)53-55(3)40(31)37)38(52-28)25(14-24-15-26(46)18-27(47)16-24)17-29(59)20-57-41-36(39(54-57)42(48)49)32-19-33(32)44(41,50)51/h6-9,15-16,18,25,32-33,42H,4,12-14,17,19-22H2,1-3,5H3/t25-,32+,33-,43-,62?/m1/s1. The van der Waals surface area contributed by atoms with Crippen molar-refractivity contribution in [3.8, 4) is 23.0 Å². The Balaban J connectivity index is 1.28. The second-order valence-electron chi connectivity index (χ2n) is 16.7. The van der Waals surface area contributed by atoms with Crippen molar-refractivity contribution in [2.75, 3.05) is 26.0 Å². The minimum Gasteiger partial charge on any atom is -0.359 e. The molecular formula is C44H41ClF6N6O4S. The Labute approximate surface area is 358 Å². The van der Waals surface area contributed by atoms with Crippen LogP contribution in [0.25, 0.3) is 22.0 Å². The number of benzene rings is 2. The van der Waals surface area contributed by atoms with E-state index in [0.717, 1.165) is 12.1 Å². The van der Waals surface area contributed by atoms with Crippen molar-refractivity contribution in [1.29, 1.82) is 0 Å². The van der Waals surface area contributed by atoms with E-state index in [1.165, 1.54) is 13.2 Å². The number of ether oxygens (including phenoxy) is 1. The minimum absolute atomic E-state index is 0.00223. The van der Waals surface area contributed by atoms with Crippen LogP contribution < -0.4 is 0 Å². The highest BCUT2D eigenvalue weighted by Crippen LogP contribution is 2.68. The molecule has 326 valence electrons. The maximum absolute atomic E-state index is 15.5. The second-order valence-corrected chi connectivity index (χ2v) is 19.8. The third-order valence-corrected chi connectivity index (χ3v) is 12.8. The lowest BCUT2D eigenvalue weighted by atomic mass is 9.86. The maximum Gasteiger partial charge on any atom is 0.293 e. The first-order chi connectivity index (χ1) is 29.1. The van der Waals surface area contributed by atoms with E-state index in [1.807, 2.05) is 0 Å². The Kier molecular flexibility index (Phi) is 11.1. The molecule has 2 fully saturated rings. The summed E-state index contributed by atoms with van der Waals surface area (Å²) in [6, 6.07) is 9.54. The molecule has 1 saturated carbocycles. The predicted octanol–water partition coefficient (Wildman–Crippen LogP) is 7.73. The molecule has 2 aromatic carbocycles. The predicted molar refractivity (Wildman–Crippen MR) is 222 cm³/mol. The van der Waals surface area contributed by atoms with Gasteiger partial charge in [-0.3, -0.25) is 23.2 Å². The molecule has 0 N–H and O–H groups in total. The number of nitrogens with zero attached hydrogens (tertiary/aromatic N) is 6. The number of fused-ring (bicyclic) bond motifs is 4. The first-order valence-electron chi connectivity index (χ1n) is 19.7. The highest BCUT2D eigenvalue weighted by Gasteiger charge is 2.67. The zero-order valence-corrected chi connectivity index (χ0v) is 35.7. The molecule has 0 spiro atoms. The SMILES string of the molecule is C=S(C)(=O)Cc1nn(C)c2c(-c3ccc(C#C[C@]4(C)CN(C(C)=O)CCO4)nc3[C@@H](CC(=O)Cn3nc(C(F)F)c4c3C(F)(F)[C@@H]3C[C@H]43)Cc3cc(F)cc(F)c3)ccc(Cl)c12. The van der Waals surface area contributed by atoms with Crippen molar-refractivity contribution in [3.05, 3.63) is 98.7 Å². The minimum atomic E-state index is -3.47. The van der Waals surface area contributed by atoms with Crippen molar-refractivity contribution in [2.24, 2.45) is 13.0 Å². The molecule has 1 aliphatic heterocycles. The average Bonchev–Trinajstić information content (AvgIpc) is 3.72. The fraction of sp³-hybridized carbons (Fsp3) is 0.409. The molecule has 18 heteroatoms. The van der Waals surface area contributed by atoms with Crippen LogP contribution in [-0.2, 0) is 55.5 Å². The van der Waals surface area contributed by atoms with E-state index in [-0.39, 0.29) is 60.2 Å². The van der Waals surface area contributed by atoms with Gasteiger partial charge in [-0.1, -0.05) is 23.6 Å². The Bertz CT molecular complexity index is 2830. The van der Waals surface area contributed by atoms with Gasteiger partial charge in [0.05, 0.1) is 40.8 Å². The van der Waals surface area contributed by atoms with Gasteiger partial charge in [0, 0.05) is 73.2 Å². The summed E-state index contributed by atoms with van der Waals surface area (Å²) in [5.41, 5.74) is -0.381. The Morgan fingerprint density at radius 1 is 1.08 bits per heavy atom. The van der Waals surface area contributed by atoms with Crippen molar-refractivity contribution < 1.29 is 44.9 Å². The molecule has 1 amide bonds. The molecule has 1 unspecified atom stereocenters. The van der Waals surface area contributed by atoms with Gasteiger partial charge in [-0.15, -0.1) is 0 Å². The zero-order chi connectivity index (χ0) is 44.6. The molecule has 10 nitrogen and oxygen atoms in total. The van der Waals surface area contributed by atoms with Gasteiger partial charge in [-0.25, -0.2) is 22.5 Å². The number of rotatable bonds is 11. The van der Waals surface area contributed by atoms with Crippen LogP contribution in [0.1, 0.15) is 84.5 Å². The van der Waals surface area contributed by atoms with Crippen LogP contribution in [0.2, 0.25) is 5.02 Å². The van der Waals surface area contributed by atoms with Crippen molar-refractivity contribution >= 4 is 49.6 Å². The molecule has 0 radical (unpaired) electrons. The summed E-state index contributed by atoms with van der Waals surface area (Å²) in [4.78, 5) is 33.0. The van der Waals surface area contributed by atoms with E-state index >= 15 is 8.78 Å². The van der Waals surface area contributed by atoms with Crippen molar-refractivity contribution in [1.82, 2.24) is 29.4 Å². The quantitative estimate of drug-likeness (QED) is 0.0759. The molecule has 3 aromatic heterocycles. The molecule has 62 heavy (non-hydrogen) atoms. The number of ketones is 1. The van der Waals surface area contributed by atoms with Gasteiger partial charge in [0.1, 0.15) is 40.9 Å². The Morgan fingerprint density at radius 2 is 1.79 bits per heavy atom. The van der Waals surface area contributed by atoms with Crippen LogP contribution in [-0.4, -0.2) is 82.8 Å². The van der Waals surface area contributed by atoms with Gasteiger partial charge in [0.15, 0.2) is 5.78 Å². The number of hydrogen-bond donors (Lipinski definition) is 0. The van der Waals surface area contributed by atoms with Gasteiger partial charge in [0.25, 0.3) is 12.3 Å². The number of amides is 1. The molecule has 5 atom stereocenters. The van der Waals surface area contributed by atoms with Gasteiger partial charge < -0.3 is 9.64 Å². The Hall–Kier alpha value is -5.18. The normalized spacial score (nSPS) is 21.6. The van der Waals surface area contributed by atoms with Gasteiger partial charge in [0.2, 0.25) is 5.91 Å². The number of morpholine rings is 1. The number of hydrogen-bond acceptors (Lipinski definition) is 7. The van der Waals surface area contributed by atoms with Crippen LogP contribution in [0.15, 0.2) is 42.5 Å². The summed E-state index contributed by atoms with van der Waals surface area (Å²) in [7, 11) is -0.923. The number of carbonyl (C=O) groups excluding carboxylic acids is 2. The molecular weight excluding hydrogens is 858 g/mol. The molecule has 2 aliphatic carbocycles. The lowest BCUT2D eigenvalue weighted by Gasteiger charge is -2.36. The van der Waals surface area contributed by atoms with E-state index in [4.69, 9.17) is 21.3 Å². The van der Waals surface area contributed by atoms with Gasteiger partial charge in [-0.05, 0) is 82.9 Å². The van der Waals surface area contributed by atoms with E-state index in [0.29, 0.717) is 50.0 Å². The summed E-state index contributed by atoms with van der Waals surface area (Å²) >= 11 is 6.76. The van der Waals surface area contributed by atoms with Crippen LogP contribution in [0.5, 0.6) is 0 Å². The molecule has 8 rings (SSSR count). The summed E-state index contributed by atoms with van der Waals surface area (Å²) in [5.74, 6) is 0.863. The van der Waals surface area contributed by atoms with E-state index in [1.54, 1.807) is 47.8 Å². The Morgan fingerprint density at radius 3 is 2.47 bits per heavy atom. The smallest absolute Gasteiger partial charge is 0.293 e. The zero-order valence-electron chi connectivity index (χ0n) is 34.1. The molecule has 4 heterocycles. The number of pyridine rings is 1. The van der Waals surface area contributed by atoms with Crippen LogP contribution in [0, 0.1) is 29.4 Å². The summed E-state index contributed by atoms with van der Waals surface area (Å²) in [5, 5.41) is 9.25. The van der Waals surface area contributed by atoms with E-state index in [9.17, 15) is 31.4 Å². The van der Waals surface area contributed by atoms with E-state index < -0.39 is 87.0 Å². The second kappa shape index (κ2) is 15.9. The number of carbonyl (C=O) groups is 2. The average molecular weight is 899 g/mol. The van der Waals surface area contributed by atoms with Gasteiger partial charge >= 0.3 is 0 Å². The first-order valence-corrected chi connectivity index (χ1v) is 22.4. The van der Waals surface area contributed by atoms with Gasteiger partial charge in [-0.2, -0.15) is 19.0 Å². The highest BCUT2D eigenvalue weighted by atomic mass is 35.5. The summed E-state index contributed by atoms with van der Waals surface area (Å²) in [6.07, 6.45) is -2.27. The third-order valence-electron chi connectivity index (χ3n) is 11.6. The number of halogens is 7. The van der Waals surface area contributed by atoms with E-state index in [2.05, 4.69) is 27.9 Å². The number of alkyl halides is 4. The maximum atomic E-state index is 15.5. The molecule has 5 aromatic rings. The highest BCUT2D eigenvalue weighted by molar-refractivity contribution is 7.98. The van der Waals surface area contributed by atoms with Crippen LogP contribution >= 0.6 is 11.6 Å². The monoisotopic (exact) mass is 898 g/mol. The van der Waals surface area contributed by atoms with Crippen molar-refractivity contribution in [2.45, 2.75) is 75.2 Å². The largest absolute Gasteiger partial charge is 0.359 e. The summed E-state index contributed by atoms with van der Waals surface area (Å²) in [6.45, 7) is 3.19. The number of Topliss-reactive ketones (excluding diaryl/α,β-unsaturated/α-hetero) is 1. The first kappa shape index (κ1) is 43.5. The fourth-order valence-electron chi connectivity index (χ4n) is 8.92. The summed E-state index contributed by atoms with van der Waals surface area (Å²) < 4.78 is 110. The molecule has 0 bridgehead atoms. The topological polar surface area (TPSA) is 112 Å². The third kappa shape index (κ3) is 8.36. The van der Waals surface area contributed by atoms with Crippen LogP contribution in [0.3, 0.4) is 0 Å². The fourth-order valence-corrected chi connectivity index (χ4v) is 9.96. The van der Waals surface area contributed by atoms with Crippen LogP contribution in [0.4, 0.5) is 26.3 Å². The molecule has 1 saturated heterocycles. The lowest BCUT2D eigenvalue weighted by Crippen LogP contribution is -2.50. The number of aryl methyl sites for hydroxylation is 1. The van der Waals surface area contributed by atoms with Crippen molar-refractivity contribution in [3.63, 3.8) is 0 Å².